The standard InChI is InChI=1S/C11H11ClFN3O4/c12-6-1-2-8(7(13)3-6)15-11(20)16(4-9(14)17)5-10(18)19/h1-3H,4-5H2,(H2,14,17)(H,15,20)(H,18,19). The fourth-order valence-electron chi connectivity index (χ4n) is 1.34. The van der Waals surface area contributed by atoms with Gasteiger partial charge in [-0.05, 0) is 18.2 Å². The van der Waals surface area contributed by atoms with Crippen LogP contribution in [-0.2, 0) is 9.59 Å². The minimum Gasteiger partial charge on any atom is -0.480 e. The number of halogens is 2. The third-order valence-corrected chi connectivity index (χ3v) is 2.37. The number of aliphatic carboxylic acids is 1. The molecule has 7 nitrogen and oxygen atoms in total. The van der Waals surface area contributed by atoms with Crippen molar-refractivity contribution in [2.75, 3.05) is 18.4 Å². The van der Waals surface area contributed by atoms with Crippen molar-refractivity contribution in [1.82, 2.24) is 4.90 Å². The van der Waals surface area contributed by atoms with Crippen molar-refractivity contribution in [3.8, 4) is 0 Å². The van der Waals surface area contributed by atoms with E-state index in [4.69, 9.17) is 22.4 Å². The molecule has 4 N–H and O–H groups in total. The van der Waals surface area contributed by atoms with E-state index in [0.29, 0.717) is 4.90 Å². The Balaban J connectivity index is 2.84. The monoisotopic (exact) mass is 303 g/mol. The summed E-state index contributed by atoms with van der Waals surface area (Å²) >= 11 is 5.55. The van der Waals surface area contributed by atoms with Crippen molar-refractivity contribution in [3.05, 3.63) is 29.0 Å². The third kappa shape index (κ3) is 4.73. The number of nitrogens with two attached hydrogens (primary N) is 1. The third-order valence-electron chi connectivity index (χ3n) is 2.13. The summed E-state index contributed by atoms with van der Waals surface area (Å²) in [6.45, 7) is -1.35. The molecule has 0 spiro atoms. The summed E-state index contributed by atoms with van der Waals surface area (Å²) in [5.74, 6) is -3.02. The highest BCUT2D eigenvalue weighted by Crippen LogP contribution is 2.19. The molecule has 0 aliphatic carbocycles. The highest BCUT2D eigenvalue weighted by atomic mass is 35.5. The van der Waals surface area contributed by atoms with Crippen LogP contribution in [-0.4, -0.2) is 41.0 Å². The molecule has 0 bridgehead atoms. The fraction of sp³-hybridized carbons (Fsp3) is 0.182. The Labute approximate surface area is 118 Å². The molecule has 1 aromatic carbocycles. The van der Waals surface area contributed by atoms with Crippen molar-refractivity contribution in [2.45, 2.75) is 0 Å². The predicted molar refractivity (Wildman–Crippen MR) is 68.8 cm³/mol. The second-order valence-corrected chi connectivity index (χ2v) is 4.21. The van der Waals surface area contributed by atoms with Crippen molar-refractivity contribution in [3.63, 3.8) is 0 Å². The molecular formula is C11H11ClFN3O4. The Kier molecular flexibility index (Phi) is 5.27. The Bertz CT molecular complexity index is 536. The number of amides is 3. The van der Waals surface area contributed by atoms with Gasteiger partial charge in [0.15, 0.2) is 0 Å². The number of urea groups is 1. The Morgan fingerprint density at radius 3 is 2.50 bits per heavy atom. The molecule has 0 unspecified atom stereocenters. The maximum Gasteiger partial charge on any atom is 0.323 e. The molecule has 0 saturated heterocycles. The van der Waals surface area contributed by atoms with E-state index in [1.807, 2.05) is 0 Å². The van der Waals surface area contributed by atoms with Gasteiger partial charge in [-0.15, -0.1) is 0 Å². The molecule has 1 aromatic rings. The van der Waals surface area contributed by atoms with E-state index >= 15 is 0 Å². The molecule has 0 saturated carbocycles. The van der Waals surface area contributed by atoms with Crippen LogP contribution in [0.5, 0.6) is 0 Å². The summed E-state index contributed by atoms with van der Waals surface area (Å²) in [6.07, 6.45) is 0. The number of anilines is 1. The lowest BCUT2D eigenvalue weighted by Gasteiger charge is -2.19. The first kappa shape index (κ1) is 15.7. The van der Waals surface area contributed by atoms with Crippen molar-refractivity contribution in [2.24, 2.45) is 5.73 Å². The maximum atomic E-state index is 13.5. The number of nitrogens with one attached hydrogen (secondary N) is 1. The number of hydrogen-bond donors (Lipinski definition) is 3. The van der Waals surface area contributed by atoms with E-state index in [-0.39, 0.29) is 10.7 Å². The zero-order chi connectivity index (χ0) is 15.3. The summed E-state index contributed by atoms with van der Waals surface area (Å²) in [5.41, 5.74) is 4.71. The van der Waals surface area contributed by atoms with Crippen LogP contribution in [0, 0.1) is 5.82 Å². The second-order valence-electron chi connectivity index (χ2n) is 3.77. The number of primary amides is 1. The summed E-state index contributed by atoms with van der Waals surface area (Å²) in [7, 11) is 0. The first-order valence-corrected chi connectivity index (χ1v) is 5.68. The molecular weight excluding hydrogens is 293 g/mol. The Morgan fingerprint density at radius 2 is 2.00 bits per heavy atom. The minimum absolute atomic E-state index is 0.139. The summed E-state index contributed by atoms with van der Waals surface area (Å²) in [6, 6.07) is 2.56. The van der Waals surface area contributed by atoms with Crippen LogP contribution in [0.15, 0.2) is 18.2 Å². The number of hydrogen-bond acceptors (Lipinski definition) is 3. The lowest BCUT2D eigenvalue weighted by atomic mass is 10.3. The molecule has 9 heteroatoms. The molecule has 0 aromatic heterocycles. The van der Waals surface area contributed by atoms with Crippen LogP contribution in [0.1, 0.15) is 0 Å². The number of nitrogens with zero attached hydrogens (tertiary/aromatic N) is 1. The second kappa shape index (κ2) is 6.71. The molecule has 1 rings (SSSR count). The van der Waals surface area contributed by atoms with Gasteiger partial charge in [-0.3, -0.25) is 9.59 Å². The number of rotatable bonds is 5. The highest BCUT2D eigenvalue weighted by Gasteiger charge is 2.19. The lowest BCUT2D eigenvalue weighted by Crippen LogP contribution is -2.43. The van der Waals surface area contributed by atoms with E-state index < -0.39 is 36.8 Å². The summed E-state index contributed by atoms with van der Waals surface area (Å²) < 4.78 is 13.5. The average molecular weight is 304 g/mol. The van der Waals surface area contributed by atoms with Gasteiger partial charge in [-0.25, -0.2) is 9.18 Å². The van der Waals surface area contributed by atoms with E-state index in [2.05, 4.69) is 5.32 Å². The van der Waals surface area contributed by atoms with Crippen LogP contribution in [0.25, 0.3) is 0 Å². The zero-order valence-corrected chi connectivity index (χ0v) is 10.9. The van der Waals surface area contributed by atoms with Crippen LogP contribution in [0.3, 0.4) is 0 Å². The Morgan fingerprint density at radius 1 is 1.35 bits per heavy atom. The molecule has 0 aliphatic heterocycles. The van der Waals surface area contributed by atoms with Crippen molar-refractivity contribution >= 4 is 35.2 Å². The van der Waals surface area contributed by atoms with Crippen molar-refractivity contribution < 1.29 is 23.9 Å². The number of carbonyl (C=O) groups is 3. The molecule has 0 atom stereocenters. The fourth-order valence-corrected chi connectivity index (χ4v) is 1.49. The van der Waals surface area contributed by atoms with E-state index in [1.54, 1.807) is 0 Å². The van der Waals surface area contributed by atoms with Crippen LogP contribution >= 0.6 is 11.6 Å². The molecule has 0 aliphatic rings. The van der Waals surface area contributed by atoms with E-state index in [1.165, 1.54) is 12.1 Å². The molecule has 20 heavy (non-hydrogen) atoms. The predicted octanol–water partition coefficient (Wildman–Crippen LogP) is 0.883. The first-order chi connectivity index (χ1) is 9.29. The van der Waals surface area contributed by atoms with Crippen LogP contribution in [0.4, 0.5) is 14.9 Å². The van der Waals surface area contributed by atoms with Gasteiger partial charge in [0, 0.05) is 5.02 Å². The van der Waals surface area contributed by atoms with Gasteiger partial charge in [0.05, 0.1) is 5.69 Å². The SMILES string of the molecule is NC(=O)CN(CC(=O)O)C(=O)Nc1ccc(Cl)cc1F. The number of carbonyl (C=O) groups excluding carboxylic acids is 2. The van der Waals surface area contributed by atoms with Gasteiger partial charge in [0.25, 0.3) is 0 Å². The Hall–Kier alpha value is -2.35. The molecule has 0 fully saturated rings. The van der Waals surface area contributed by atoms with Gasteiger partial charge in [0.2, 0.25) is 5.91 Å². The number of benzene rings is 1. The molecule has 0 heterocycles. The minimum atomic E-state index is -1.34. The van der Waals surface area contributed by atoms with E-state index in [9.17, 15) is 18.8 Å². The van der Waals surface area contributed by atoms with Gasteiger partial charge in [-0.2, -0.15) is 0 Å². The lowest BCUT2D eigenvalue weighted by molar-refractivity contribution is -0.137. The van der Waals surface area contributed by atoms with Gasteiger partial charge >= 0.3 is 12.0 Å². The highest BCUT2D eigenvalue weighted by molar-refractivity contribution is 6.30. The van der Waals surface area contributed by atoms with Crippen molar-refractivity contribution in [1.29, 1.82) is 0 Å². The quantitative estimate of drug-likeness (QED) is 0.749. The van der Waals surface area contributed by atoms with Crippen LogP contribution < -0.4 is 11.1 Å². The largest absolute Gasteiger partial charge is 0.480 e. The smallest absolute Gasteiger partial charge is 0.323 e. The maximum absolute atomic E-state index is 13.5. The van der Waals surface area contributed by atoms with Gasteiger partial charge < -0.3 is 21.1 Å². The first-order valence-electron chi connectivity index (χ1n) is 5.30. The van der Waals surface area contributed by atoms with Gasteiger partial charge in [-0.1, -0.05) is 11.6 Å². The number of carboxylic acid groups (broad SMARTS) is 1. The van der Waals surface area contributed by atoms with E-state index in [0.717, 1.165) is 6.07 Å². The molecule has 3 amide bonds. The number of carboxylic acids is 1. The average Bonchev–Trinajstić information content (AvgIpc) is 2.30. The van der Waals surface area contributed by atoms with Gasteiger partial charge in [0.1, 0.15) is 18.9 Å². The normalized spacial score (nSPS) is 9.90. The molecule has 0 radical (unpaired) electrons. The summed E-state index contributed by atoms with van der Waals surface area (Å²) in [4.78, 5) is 33.8. The molecule has 108 valence electrons. The topological polar surface area (TPSA) is 113 Å². The zero-order valence-electron chi connectivity index (χ0n) is 10.1. The van der Waals surface area contributed by atoms with Crippen LogP contribution in [0.2, 0.25) is 5.02 Å². The summed E-state index contributed by atoms with van der Waals surface area (Å²) in [5, 5.41) is 10.9.